The Hall–Kier alpha value is -2.58. The van der Waals surface area contributed by atoms with Gasteiger partial charge >= 0.3 is 0 Å². The molecule has 7 nitrogen and oxygen atoms in total. The molecule has 1 aliphatic heterocycles. The molecule has 9 heteroatoms. The predicted molar refractivity (Wildman–Crippen MR) is 109 cm³/mol. The lowest BCUT2D eigenvalue weighted by molar-refractivity contribution is 0.0649. The van der Waals surface area contributed by atoms with Crippen molar-refractivity contribution < 1.29 is 14.0 Å². The van der Waals surface area contributed by atoms with Crippen LogP contribution in [-0.4, -0.2) is 45.8 Å². The van der Waals surface area contributed by atoms with E-state index in [-0.39, 0.29) is 54.0 Å². The fourth-order valence-electron chi connectivity index (χ4n) is 3.30. The van der Waals surface area contributed by atoms with Gasteiger partial charge < -0.3 is 16.0 Å². The van der Waals surface area contributed by atoms with Crippen molar-refractivity contribution in [2.24, 2.45) is 11.7 Å². The van der Waals surface area contributed by atoms with Gasteiger partial charge in [0.2, 0.25) is 0 Å². The van der Waals surface area contributed by atoms with E-state index in [1.807, 2.05) is 6.92 Å². The first-order chi connectivity index (χ1) is 13.5. The Morgan fingerprint density at radius 3 is 2.55 bits per heavy atom. The topological polar surface area (TPSA) is 101 Å². The lowest BCUT2D eigenvalue weighted by Crippen LogP contribution is -2.45. The molecule has 2 heterocycles. The van der Waals surface area contributed by atoms with Crippen LogP contribution in [0.2, 0.25) is 0 Å². The number of rotatable bonds is 5. The highest BCUT2D eigenvalue weighted by Gasteiger charge is 2.30. The van der Waals surface area contributed by atoms with Crippen LogP contribution in [0.25, 0.3) is 0 Å². The molecular formula is C20H25ClFN5O2. The van der Waals surface area contributed by atoms with Crippen LogP contribution in [0.15, 0.2) is 36.7 Å². The number of aromatic nitrogens is 2. The minimum absolute atomic E-state index is 0. The molecule has 1 aliphatic rings. The highest BCUT2D eigenvalue weighted by Crippen LogP contribution is 2.20. The van der Waals surface area contributed by atoms with Gasteiger partial charge in [0.05, 0.1) is 0 Å². The van der Waals surface area contributed by atoms with Crippen molar-refractivity contribution >= 4 is 24.2 Å². The number of nitrogens with one attached hydrogen (secondary N) is 1. The van der Waals surface area contributed by atoms with Gasteiger partial charge in [0.25, 0.3) is 11.8 Å². The Balaban J connectivity index is 0.00000300. The second-order valence-electron chi connectivity index (χ2n) is 7.08. The normalized spacial score (nSPS) is 17.2. The number of piperidine rings is 1. The summed E-state index contributed by atoms with van der Waals surface area (Å²) in [5, 5.41) is 2.71. The maximum Gasteiger partial charge on any atom is 0.274 e. The minimum Gasteiger partial charge on any atom is -0.347 e. The van der Waals surface area contributed by atoms with Crippen molar-refractivity contribution in [2.45, 2.75) is 32.4 Å². The van der Waals surface area contributed by atoms with Crippen LogP contribution >= 0.6 is 12.4 Å². The fourth-order valence-corrected chi connectivity index (χ4v) is 3.30. The van der Waals surface area contributed by atoms with Gasteiger partial charge in [0.15, 0.2) is 11.4 Å². The van der Waals surface area contributed by atoms with Crippen molar-refractivity contribution in [3.05, 3.63) is 59.4 Å². The number of nitrogens with zero attached hydrogens (tertiary/aromatic N) is 3. The summed E-state index contributed by atoms with van der Waals surface area (Å²) in [4.78, 5) is 35.4. The summed E-state index contributed by atoms with van der Waals surface area (Å²) in [5.41, 5.74) is 6.75. The maximum atomic E-state index is 13.0. The van der Waals surface area contributed by atoms with E-state index in [1.165, 1.54) is 24.5 Å². The number of carbonyl (C=O) groups excluding carboxylic acids is 2. The Morgan fingerprint density at radius 2 is 1.90 bits per heavy atom. The molecule has 0 saturated carbocycles. The standard InChI is InChI=1S/C20H24FN5O2.ClH/c1-13(22)15-3-2-10-26(12-15)20(28)18-17(23-8-9-24-18)19(27)25-11-14-4-6-16(21)7-5-14;/h4-9,13,15H,2-3,10-12,22H2,1H3,(H,25,27);1H. The molecule has 2 unspecified atom stereocenters. The van der Waals surface area contributed by atoms with Crippen LogP contribution in [0.5, 0.6) is 0 Å². The average Bonchev–Trinajstić information content (AvgIpc) is 2.72. The first-order valence-electron chi connectivity index (χ1n) is 9.34. The number of amides is 2. The van der Waals surface area contributed by atoms with E-state index in [2.05, 4.69) is 15.3 Å². The summed E-state index contributed by atoms with van der Waals surface area (Å²) in [5.74, 6) is -0.930. The molecule has 2 aromatic rings. The van der Waals surface area contributed by atoms with Crippen molar-refractivity contribution in [1.82, 2.24) is 20.2 Å². The maximum absolute atomic E-state index is 13.0. The lowest BCUT2D eigenvalue weighted by atomic mass is 9.92. The Morgan fingerprint density at radius 1 is 1.24 bits per heavy atom. The lowest BCUT2D eigenvalue weighted by Gasteiger charge is -2.34. The van der Waals surface area contributed by atoms with Crippen molar-refractivity contribution in [3.63, 3.8) is 0 Å². The molecule has 1 saturated heterocycles. The summed E-state index contributed by atoms with van der Waals surface area (Å²) >= 11 is 0. The molecular weight excluding hydrogens is 397 g/mol. The van der Waals surface area contributed by atoms with Gasteiger partial charge in [-0.15, -0.1) is 12.4 Å². The molecule has 0 spiro atoms. The highest BCUT2D eigenvalue weighted by molar-refractivity contribution is 6.04. The molecule has 0 radical (unpaired) electrons. The summed E-state index contributed by atoms with van der Waals surface area (Å²) < 4.78 is 13.0. The zero-order chi connectivity index (χ0) is 20.1. The van der Waals surface area contributed by atoms with Gasteiger partial charge in [0, 0.05) is 38.1 Å². The van der Waals surface area contributed by atoms with Crippen LogP contribution in [-0.2, 0) is 6.54 Å². The van der Waals surface area contributed by atoms with Gasteiger partial charge in [-0.05, 0) is 43.4 Å². The number of benzene rings is 1. The van der Waals surface area contributed by atoms with Crippen molar-refractivity contribution in [2.75, 3.05) is 13.1 Å². The molecule has 2 atom stereocenters. The first-order valence-corrected chi connectivity index (χ1v) is 9.34. The first kappa shape index (κ1) is 22.7. The summed E-state index contributed by atoms with van der Waals surface area (Å²) in [6.45, 7) is 3.29. The van der Waals surface area contributed by atoms with E-state index < -0.39 is 5.91 Å². The molecule has 156 valence electrons. The molecule has 1 aromatic heterocycles. The van der Waals surface area contributed by atoms with Gasteiger partial charge in [0.1, 0.15) is 5.82 Å². The Bertz CT molecular complexity index is 847. The Labute approximate surface area is 175 Å². The van der Waals surface area contributed by atoms with Crippen LogP contribution < -0.4 is 11.1 Å². The molecule has 3 rings (SSSR count). The minimum atomic E-state index is -0.499. The zero-order valence-electron chi connectivity index (χ0n) is 16.2. The van der Waals surface area contributed by atoms with Crippen molar-refractivity contribution in [3.8, 4) is 0 Å². The smallest absolute Gasteiger partial charge is 0.274 e. The van der Waals surface area contributed by atoms with Crippen LogP contribution in [0.1, 0.15) is 46.3 Å². The molecule has 1 fully saturated rings. The van der Waals surface area contributed by atoms with Gasteiger partial charge in [-0.25, -0.2) is 14.4 Å². The van der Waals surface area contributed by atoms with Crippen LogP contribution in [0, 0.1) is 11.7 Å². The van der Waals surface area contributed by atoms with E-state index in [0.29, 0.717) is 13.1 Å². The number of nitrogens with two attached hydrogens (primary N) is 1. The summed E-state index contributed by atoms with van der Waals surface area (Å²) in [6.07, 6.45) is 4.62. The van der Waals surface area contributed by atoms with Crippen molar-refractivity contribution in [1.29, 1.82) is 0 Å². The molecule has 2 amide bonds. The van der Waals surface area contributed by atoms with E-state index in [4.69, 9.17) is 5.73 Å². The van der Waals surface area contributed by atoms with E-state index >= 15 is 0 Å². The van der Waals surface area contributed by atoms with E-state index in [0.717, 1.165) is 18.4 Å². The quantitative estimate of drug-likeness (QED) is 0.770. The number of hydrogen-bond donors (Lipinski definition) is 2. The monoisotopic (exact) mass is 421 g/mol. The summed E-state index contributed by atoms with van der Waals surface area (Å²) in [7, 11) is 0. The number of likely N-dealkylation sites (tertiary alicyclic amines) is 1. The second kappa shape index (κ2) is 10.3. The largest absolute Gasteiger partial charge is 0.347 e. The zero-order valence-corrected chi connectivity index (χ0v) is 17.0. The van der Waals surface area contributed by atoms with Gasteiger partial charge in [-0.3, -0.25) is 9.59 Å². The number of carbonyl (C=O) groups is 2. The second-order valence-corrected chi connectivity index (χ2v) is 7.08. The average molecular weight is 422 g/mol. The predicted octanol–water partition coefficient (Wildman–Crippen LogP) is 2.17. The third kappa shape index (κ3) is 5.71. The third-order valence-corrected chi connectivity index (χ3v) is 4.97. The number of hydrogen-bond acceptors (Lipinski definition) is 5. The van der Waals surface area contributed by atoms with Crippen LogP contribution in [0.3, 0.4) is 0 Å². The van der Waals surface area contributed by atoms with Crippen LogP contribution in [0.4, 0.5) is 4.39 Å². The highest BCUT2D eigenvalue weighted by atomic mass is 35.5. The fraction of sp³-hybridized carbons (Fsp3) is 0.400. The SMILES string of the molecule is CC(N)C1CCCN(C(=O)c2nccnc2C(=O)NCc2ccc(F)cc2)C1.Cl. The molecule has 0 aliphatic carbocycles. The van der Waals surface area contributed by atoms with E-state index in [1.54, 1.807) is 17.0 Å². The number of halogens is 2. The Kier molecular flexibility index (Phi) is 8.04. The summed E-state index contributed by atoms with van der Waals surface area (Å²) in [6, 6.07) is 5.81. The third-order valence-electron chi connectivity index (χ3n) is 4.97. The molecule has 1 aromatic carbocycles. The van der Waals surface area contributed by atoms with E-state index in [9.17, 15) is 14.0 Å². The molecule has 0 bridgehead atoms. The molecule has 29 heavy (non-hydrogen) atoms. The van der Waals surface area contributed by atoms with Gasteiger partial charge in [-0.1, -0.05) is 12.1 Å². The molecule has 3 N–H and O–H groups in total. The van der Waals surface area contributed by atoms with Gasteiger partial charge in [-0.2, -0.15) is 0 Å².